The summed E-state index contributed by atoms with van der Waals surface area (Å²) in [5, 5.41) is 5.51. The molecule has 0 saturated carbocycles. The average Bonchev–Trinajstić information content (AvgIpc) is 3.59. The summed E-state index contributed by atoms with van der Waals surface area (Å²) in [6.07, 6.45) is 2.22. The average molecular weight is 687 g/mol. The van der Waals surface area contributed by atoms with Crippen molar-refractivity contribution in [2.45, 2.75) is 51.6 Å². The molecule has 6 rings (SSSR count). The predicted octanol–water partition coefficient (Wildman–Crippen LogP) is 4.60. The van der Waals surface area contributed by atoms with Gasteiger partial charge in [-0.3, -0.25) is 0 Å². The van der Waals surface area contributed by atoms with Gasteiger partial charge in [0.05, 0.1) is 0 Å². The number of fused-ring (bicyclic) bond motifs is 2. The Morgan fingerprint density at radius 3 is 1.19 bits per heavy atom. The first kappa shape index (κ1) is 37.8. The van der Waals surface area contributed by atoms with Crippen molar-refractivity contribution in [2.24, 2.45) is 0 Å². The van der Waals surface area contributed by atoms with E-state index in [-0.39, 0.29) is 51.0 Å². The van der Waals surface area contributed by atoms with Crippen molar-refractivity contribution >= 4 is 31.1 Å². The molecule has 214 valence electrons. The van der Waals surface area contributed by atoms with Crippen LogP contribution in [0.15, 0.2) is 133 Å². The molecular formula is C38H40Cl2SiZr. The van der Waals surface area contributed by atoms with Gasteiger partial charge in [-0.25, -0.2) is 0 Å². The van der Waals surface area contributed by atoms with Crippen LogP contribution in [0.2, 0.25) is 13.1 Å². The van der Waals surface area contributed by atoms with Crippen LogP contribution < -0.4 is 24.8 Å². The Morgan fingerprint density at radius 2 is 0.833 bits per heavy atom. The van der Waals surface area contributed by atoms with Gasteiger partial charge in [0.1, 0.15) is 0 Å². The minimum atomic E-state index is 0. The maximum absolute atomic E-state index is 2.30. The van der Waals surface area contributed by atoms with E-state index in [0.717, 1.165) is 22.4 Å². The summed E-state index contributed by atoms with van der Waals surface area (Å²) >= 11 is 0. The van der Waals surface area contributed by atoms with Crippen LogP contribution in [-0.2, 0) is 39.0 Å². The topological polar surface area (TPSA) is 0 Å². The quantitative estimate of drug-likeness (QED) is 0.178. The van der Waals surface area contributed by atoms with Crippen LogP contribution in [-0.4, -0.2) is 9.52 Å². The third-order valence-corrected chi connectivity index (χ3v) is 7.33. The van der Waals surface area contributed by atoms with Gasteiger partial charge in [0.2, 0.25) is 0 Å². The van der Waals surface area contributed by atoms with Crippen LogP contribution in [0.4, 0.5) is 0 Å². The molecule has 0 aliphatic heterocycles. The number of hydrogen-bond acceptors (Lipinski definition) is 0. The smallest absolute Gasteiger partial charge is 1.00 e. The van der Waals surface area contributed by atoms with Gasteiger partial charge in [-0.1, -0.05) is 113 Å². The van der Waals surface area contributed by atoms with Crippen molar-refractivity contribution in [3.8, 4) is 0 Å². The van der Waals surface area contributed by atoms with E-state index in [2.05, 4.69) is 160 Å². The van der Waals surface area contributed by atoms with Gasteiger partial charge in [0.25, 0.3) is 0 Å². The van der Waals surface area contributed by atoms with Crippen LogP contribution in [0.5, 0.6) is 0 Å². The third-order valence-electron chi connectivity index (χ3n) is 7.33. The summed E-state index contributed by atoms with van der Waals surface area (Å²) in [6, 6.07) is 47.8. The molecule has 0 bridgehead atoms. The van der Waals surface area contributed by atoms with Crippen molar-refractivity contribution in [1.29, 1.82) is 0 Å². The molecule has 0 heterocycles. The summed E-state index contributed by atoms with van der Waals surface area (Å²) in [5.41, 5.74) is 5.76. The van der Waals surface area contributed by atoms with Crippen molar-refractivity contribution in [1.82, 2.24) is 0 Å². The van der Waals surface area contributed by atoms with Crippen LogP contribution >= 0.6 is 0 Å². The molecule has 2 radical (unpaired) electrons. The number of hydrogen-bond donors (Lipinski definition) is 0. The molecule has 0 spiro atoms. The normalized spacial score (nSPS) is 11.3. The summed E-state index contributed by atoms with van der Waals surface area (Å²) in [4.78, 5) is 0. The number of benzene rings is 4. The van der Waals surface area contributed by atoms with Crippen LogP contribution in [0.25, 0.3) is 21.5 Å². The summed E-state index contributed by atoms with van der Waals surface area (Å²) in [6.45, 7) is 8.91. The Labute approximate surface area is 287 Å². The van der Waals surface area contributed by atoms with Crippen molar-refractivity contribution in [2.75, 3.05) is 0 Å². The van der Waals surface area contributed by atoms with Gasteiger partial charge in [-0.2, -0.15) is 11.1 Å². The number of halogens is 2. The maximum atomic E-state index is 2.30. The van der Waals surface area contributed by atoms with E-state index in [1.54, 1.807) is 0 Å². The van der Waals surface area contributed by atoms with E-state index in [9.17, 15) is 0 Å². The molecule has 4 heteroatoms. The molecule has 6 aromatic rings. The Hall–Kier alpha value is -2.22. The molecular weight excluding hydrogens is 647 g/mol. The van der Waals surface area contributed by atoms with Crippen LogP contribution in [0, 0.1) is 0 Å². The van der Waals surface area contributed by atoms with Gasteiger partial charge in [-0.05, 0) is 23.0 Å². The zero-order chi connectivity index (χ0) is 27.5. The summed E-state index contributed by atoms with van der Waals surface area (Å²) in [5.74, 6) is 1.13. The molecule has 42 heavy (non-hydrogen) atoms. The van der Waals surface area contributed by atoms with Crippen molar-refractivity contribution in [3.63, 3.8) is 0 Å². The van der Waals surface area contributed by atoms with E-state index in [0.29, 0.717) is 11.8 Å². The fourth-order valence-corrected chi connectivity index (χ4v) is 5.24. The molecule has 2 unspecified atom stereocenters. The zero-order valence-corrected chi connectivity index (χ0v) is 30.0. The van der Waals surface area contributed by atoms with Gasteiger partial charge in [0, 0.05) is 9.52 Å². The Bertz CT molecular complexity index is 1420. The van der Waals surface area contributed by atoms with E-state index in [4.69, 9.17) is 0 Å². The molecule has 2 atom stereocenters. The second-order valence-corrected chi connectivity index (χ2v) is 11.4. The zero-order valence-electron chi connectivity index (χ0n) is 25.0. The molecule has 0 saturated heterocycles. The number of rotatable bonds is 6. The molecule has 6 aromatic carbocycles. The fourth-order valence-electron chi connectivity index (χ4n) is 5.24. The Balaban J connectivity index is 0.000000361. The Morgan fingerprint density at radius 1 is 0.524 bits per heavy atom. The predicted molar refractivity (Wildman–Crippen MR) is 174 cm³/mol. The molecule has 0 aromatic heterocycles. The molecule has 0 amide bonds. The maximum Gasteiger partial charge on any atom is 4.00 e. The van der Waals surface area contributed by atoms with Gasteiger partial charge >= 0.3 is 26.2 Å². The summed E-state index contributed by atoms with van der Waals surface area (Å²) < 4.78 is 0. The van der Waals surface area contributed by atoms with Crippen molar-refractivity contribution < 1.29 is 51.0 Å². The van der Waals surface area contributed by atoms with E-state index in [1.807, 2.05) is 0 Å². The van der Waals surface area contributed by atoms with Crippen molar-refractivity contribution in [3.05, 3.63) is 156 Å². The molecule has 0 nitrogen and oxygen atoms in total. The molecule has 0 N–H and O–H groups in total. The van der Waals surface area contributed by atoms with Crippen LogP contribution in [0.3, 0.4) is 0 Å². The molecule has 0 aliphatic rings. The molecule has 0 fully saturated rings. The first-order valence-corrected chi connectivity index (χ1v) is 16.1. The van der Waals surface area contributed by atoms with E-state index in [1.165, 1.54) is 43.8 Å². The van der Waals surface area contributed by atoms with Gasteiger partial charge < -0.3 is 24.8 Å². The molecule has 0 aliphatic carbocycles. The van der Waals surface area contributed by atoms with E-state index < -0.39 is 0 Å². The van der Waals surface area contributed by atoms with E-state index >= 15 is 0 Å². The minimum Gasteiger partial charge on any atom is -1.00 e. The third kappa shape index (κ3) is 10.5. The second kappa shape index (κ2) is 19.9. The monoisotopic (exact) mass is 684 g/mol. The largest absolute Gasteiger partial charge is 4.00 e. The van der Waals surface area contributed by atoms with Gasteiger partial charge in [-0.15, -0.1) is 82.2 Å². The first-order valence-electron chi connectivity index (χ1n) is 14.1. The summed E-state index contributed by atoms with van der Waals surface area (Å²) in [7, 11) is 1.08. The first-order chi connectivity index (χ1) is 19.1. The minimum absolute atomic E-state index is 0. The standard InChI is InChI=1S/2C18H17.C2H6Si.2ClH.Zr/c2*1-14(15-7-3-2-4-8-15)13-17-12-11-16-9-5-6-10-18(16)17;1-3-2;;;/h2*2-12,14H,13H2,1H3;1-2H3;2*1H;/q2*-1;;;;+4/p-2. The Kier molecular flexibility index (Phi) is 17.9. The fraction of sp³-hybridized carbons (Fsp3) is 0.211. The van der Waals surface area contributed by atoms with Crippen LogP contribution in [0.1, 0.15) is 47.9 Å². The SMILES string of the molecule is CC(Cc1c[cH-]c2ccccc12)c1ccccc1.CC(Cc1c[cH-]c2ccccc12)c1ccccc1.C[Si]C.[Cl-].[Cl-].[Zr+4]. The second-order valence-electron chi connectivity index (χ2n) is 10.4. The van der Waals surface area contributed by atoms with Gasteiger partial charge in [0.15, 0.2) is 0 Å².